The Kier molecular flexibility index (Phi) is 5.35. The highest BCUT2D eigenvalue weighted by atomic mass is 15.2. The highest BCUT2D eigenvalue weighted by Gasteiger charge is 2.23. The highest BCUT2D eigenvalue weighted by molar-refractivity contribution is 5.06. The summed E-state index contributed by atoms with van der Waals surface area (Å²) in [7, 11) is 2.14. The second-order valence-corrected chi connectivity index (χ2v) is 6.24. The second kappa shape index (κ2) is 6.34. The van der Waals surface area contributed by atoms with Gasteiger partial charge in [0.1, 0.15) is 0 Å². The fourth-order valence-electron chi connectivity index (χ4n) is 2.42. The Morgan fingerprint density at radius 2 is 2.11 bits per heavy atom. The molecule has 104 valence electrons. The van der Waals surface area contributed by atoms with Crippen LogP contribution in [-0.4, -0.2) is 34.6 Å². The normalized spacial score (nSPS) is 14.2. The van der Waals surface area contributed by atoms with Crippen LogP contribution < -0.4 is 5.73 Å². The van der Waals surface area contributed by atoms with E-state index in [1.54, 1.807) is 0 Å². The van der Waals surface area contributed by atoms with E-state index in [0.29, 0.717) is 6.54 Å². The van der Waals surface area contributed by atoms with Gasteiger partial charge >= 0.3 is 0 Å². The predicted octanol–water partition coefficient (Wildman–Crippen LogP) is 2.27. The molecule has 0 aliphatic heterocycles. The molecule has 0 radical (unpaired) electrons. The molecule has 1 heterocycles. The van der Waals surface area contributed by atoms with Crippen molar-refractivity contribution < 1.29 is 0 Å². The van der Waals surface area contributed by atoms with E-state index >= 15 is 0 Å². The van der Waals surface area contributed by atoms with E-state index in [9.17, 15) is 0 Å². The Balaban J connectivity index is 2.84. The summed E-state index contributed by atoms with van der Waals surface area (Å²) in [6, 6.07) is 0.248. The number of rotatable bonds is 6. The Hall–Kier alpha value is -0.870. The van der Waals surface area contributed by atoms with Gasteiger partial charge in [0.25, 0.3) is 0 Å². The average Bonchev–Trinajstić information content (AvgIpc) is 2.65. The number of imidazole rings is 1. The van der Waals surface area contributed by atoms with Crippen LogP contribution in [0.4, 0.5) is 0 Å². The van der Waals surface area contributed by atoms with Gasteiger partial charge in [-0.25, -0.2) is 4.98 Å². The minimum Gasteiger partial charge on any atom is -0.333 e. The molecule has 4 nitrogen and oxygen atoms in total. The summed E-state index contributed by atoms with van der Waals surface area (Å²) in [5.41, 5.74) is 7.47. The van der Waals surface area contributed by atoms with Crippen LogP contribution in [-0.2, 0) is 6.54 Å². The zero-order chi connectivity index (χ0) is 13.8. The number of nitrogens with two attached hydrogens (primary N) is 1. The maximum Gasteiger partial charge on any atom is 0.0948 e. The van der Waals surface area contributed by atoms with Gasteiger partial charge in [-0.15, -0.1) is 0 Å². The molecule has 1 aromatic heterocycles. The largest absolute Gasteiger partial charge is 0.333 e. The maximum absolute atomic E-state index is 5.97. The van der Waals surface area contributed by atoms with Gasteiger partial charge in [-0.05, 0) is 18.9 Å². The van der Waals surface area contributed by atoms with Crippen molar-refractivity contribution in [1.29, 1.82) is 0 Å². The van der Waals surface area contributed by atoms with Crippen LogP contribution in [0.3, 0.4) is 0 Å². The lowest BCUT2D eigenvalue weighted by Gasteiger charge is -2.33. The summed E-state index contributed by atoms with van der Waals surface area (Å²) in [4.78, 5) is 6.61. The molecule has 18 heavy (non-hydrogen) atoms. The maximum atomic E-state index is 5.97. The smallest absolute Gasteiger partial charge is 0.0948 e. The third-order valence-corrected chi connectivity index (χ3v) is 3.03. The van der Waals surface area contributed by atoms with Gasteiger partial charge in [0.15, 0.2) is 0 Å². The predicted molar refractivity (Wildman–Crippen MR) is 76.4 cm³/mol. The molecule has 0 aliphatic carbocycles. The minimum atomic E-state index is 0.248. The summed E-state index contributed by atoms with van der Waals surface area (Å²) >= 11 is 0. The van der Waals surface area contributed by atoms with E-state index < -0.39 is 0 Å². The average molecular weight is 252 g/mol. The molecule has 1 aromatic rings. The van der Waals surface area contributed by atoms with E-state index in [2.05, 4.69) is 49.2 Å². The second-order valence-electron chi connectivity index (χ2n) is 6.24. The summed E-state index contributed by atoms with van der Waals surface area (Å²) < 4.78 is 2.22. The third-order valence-electron chi connectivity index (χ3n) is 3.03. The van der Waals surface area contributed by atoms with Gasteiger partial charge in [-0.2, -0.15) is 0 Å². The van der Waals surface area contributed by atoms with Crippen LogP contribution in [0.25, 0.3) is 0 Å². The number of aryl methyl sites for hydroxylation is 1. The van der Waals surface area contributed by atoms with Crippen molar-refractivity contribution in [2.75, 3.05) is 20.1 Å². The number of hydrogen-bond acceptors (Lipinski definition) is 3. The van der Waals surface area contributed by atoms with Gasteiger partial charge in [-0.3, -0.25) is 4.90 Å². The summed E-state index contributed by atoms with van der Waals surface area (Å²) in [5, 5.41) is 0. The molecule has 1 atom stereocenters. The van der Waals surface area contributed by atoms with Crippen LogP contribution in [0.5, 0.6) is 0 Å². The topological polar surface area (TPSA) is 47.1 Å². The molecule has 0 aromatic carbocycles. The fourth-order valence-corrected chi connectivity index (χ4v) is 2.42. The lowest BCUT2D eigenvalue weighted by molar-refractivity contribution is 0.170. The Bertz CT molecular complexity index is 351. The van der Waals surface area contributed by atoms with Gasteiger partial charge in [-0.1, -0.05) is 27.7 Å². The van der Waals surface area contributed by atoms with Crippen LogP contribution in [0, 0.1) is 5.41 Å². The molecule has 0 fully saturated rings. The molecule has 0 saturated carbocycles. The van der Waals surface area contributed by atoms with Crippen molar-refractivity contribution in [3.8, 4) is 0 Å². The first-order valence-corrected chi connectivity index (χ1v) is 6.79. The minimum absolute atomic E-state index is 0.248. The Labute approximate surface area is 111 Å². The standard InChI is InChI=1S/C14H28N4/c1-6-7-18-11-16-9-13(18)12(8-15)17(5)10-14(2,3)4/h9,11-12H,6-8,10,15H2,1-5H3. The highest BCUT2D eigenvalue weighted by Crippen LogP contribution is 2.23. The molecule has 2 N–H and O–H groups in total. The molecular weight excluding hydrogens is 224 g/mol. The van der Waals surface area contributed by atoms with Crippen LogP contribution in [0.15, 0.2) is 12.5 Å². The number of hydrogen-bond donors (Lipinski definition) is 1. The Morgan fingerprint density at radius 1 is 1.44 bits per heavy atom. The molecule has 0 amide bonds. The first kappa shape index (κ1) is 15.2. The molecule has 0 bridgehead atoms. The quantitative estimate of drug-likeness (QED) is 0.845. The van der Waals surface area contributed by atoms with Gasteiger partial charge in [0.2, 0.25) is 0 Å². The zero-order valence-electron chi connectivity index (χ0n) is 12.5. The zero-order valence-corrected chi connectivity index (χ0v) is 12.5. The first-order valence-electron chi connectivity index (χ1n) is 6.79. The van der Waals surface area contributed by atoms with Crippen LogP contribution in [0.2, 0.25) is 0 Å². The van der Waals surface area contributed by atoms with E-state index in [-0.39, 0.29) is 11.5 Å². The number of likely N-dealkylation sites (N-methyl/N-ethyl adjacent to an activating group) is 1. The lowest BCUT2D eigenvalue weighted by atomic mass is 9.95. The summed E-state index contributed by atoms with van der Waals surface area (Å²) in [6.45, 7) is 11.6. The van der Waals surface area contributed by atoms with Crippen molar-refractivity contribution in [2.45, 2.75) is 46.7 Å². The molecule has 1 unspecified atom stereocenters. The van der Waals surface area contributed by atoms with Crippen LogP contribution >= 0.6 is 0 Å². The lowest BCUT2D eigenvalue weighted by Crippen LogP contribution is -2.37. The van der Waals surface area contributed by atoms with E-state index in [1.807, 2.05) is 12.5 Å². The van der Waals surface area contributed by atoms with Crippen molar-refractivity contribution in [2.24, 2.45) is 11.1 Å². The van der Waals surface area contributed by atoms with Crippen molar-refractivity contribution >= 4 is 0 Å². The third kappa shape index (κ3) is 4.10. The molecule has 1 rings (SSSR count). The molecule has 0 spiro atoms. The van der Waals surface area contributed by atoms with Crippen molar-refractivity contribution in [3.63, 3.8) is 0 Å². The van der Waals surface area contributed by atoms with Crippen LogP contribution in [0.1, 0.15) is 45.9 Å². The van der Waals surface area contributed by atoms with E-state index in [0.717, 1.165) is 19.5 Å². The molecule has 0 saturated heterocycles. The fraction of sp³-hybridized carbons (Fsp3) is 0.786. The number of nitrogens with zero attached hydrogens (tertiary/aromatic N) is 3. The SMILES string of the molecule is CCCn1cncc1C(CN)N(C)CC(C)(C)C. The Morgan fingerprint density at radius 3 is 2.61 bits per heavy atom. The molecular formula is C14H28N4. The first-order chi connectivity index (χ1) is 8.39. The summed E-state index contributed by atoms with van der Waals surface area (Å²) in [6.07, 6.45) is 4.97. The molecule has 4 heteroatoms. The van der Waals surface area contributed by atoms with Crippen molar-refractivity contribution in [1.82, 2.24) is 14.5 Å². The number of aromatic nitrogens is 2. The molecule has 0 aliphatic rings. The monoisotopic (exact) mass is 252 g/mol. The van der Waals surface area contributed by atoms with Gasteiger partial charge < -0.3 is 10.3 Å². The van der Waals surface area contributed by atoms with Gasteiger partial charge in [0.05, 0.1) is 18.1 Å². The van der Waals surface area contributed by atoms with E-state index in [4.69, 9.17) is 5.73 Å². The van der Waals surface area contributed by atoms with Crippen molar-refractivity contribution in [3.05, 3.63) is 18.2 Å². The van der Waals surface area contributed by atoms with Gasteiger partial charge in [0, 0.05) is 25.8 Å². The van der Waals surface area contributed by atoms with E-state index in [1.165, 1.54) is 5.69 Å². The summed E-state index contributed by atoms with van der Waals surface area (Å²) in [5.74, 6) is 0.